The maximum absolute atomic E-state index is 9.96. The molecule has 0 aliphatic carbocycles. The van der Waals surface area contributed by atoms with Gasteiger partial charge in [-0.05, 0) is 40.0 Å². The van der Waals surface area contributed by atoms with E-state index in [0.717, 1.165) is 29.2 Å². The van der Waals surface area contributed by atoms with Gasteiger partial charge in [-0.25, -0.2) is 0 Å². The minimum atomic E-state index is -0.473. The Kier molecular flexibility index (Phi) is 5.61. The third-order valence-corrected chi connectivity index (χ3v) is 6.99. The summed E-state index contributed by atoms with van der Waals surface area (Å²) in [7, 11) is 0. The van der Waals surface area contributed by atoms with Gasteiger partial charge in [-0.15, -0.1) is 0 Å². The quantitative estimate of drug-likeness (QED) is 0.293. The van der Waals surface area contributed by atoms with Crippen molar-refractivity contribution in [1.29, 1.82) is 0 Å². The maximum Gasteiger partial charge on any atom is 0.231 e. The molecule has 0 aromatic heterocycles. The van der Waals surface area contributed by atoms with Crippen LogP contribution in [0.3, 0.4) is 0 Å². The molecule has 0 spiro atoms. The van der Waals surface area contributed by atoms with E-state index in [2.05, 4.69) is 102 Å². The topological polar surface area (TPSA) is 41.7 Å². The lowest BCUT2D eigenvalue weighted by molar-refractivity contribution is 0.174. The first kappa shape index (κ1) is 21.7. The summed E-state index contributed by atoms with van der Waals surface area (Å²) in [5.74, 6) is 1.51. The monoisotopic (exact) mass is 461 g/mol. The molecule has 4 aromatic carbocycles. The molecule has 6 rings (SSSR count). The number of aliphatic hydroxyl groups is 1. The zero-order chi connectivity index (χ0) is 23.7. The van der Waals surface area contributed by atoms with E-state index in [1.54, 1.807) is 0 Å². The number of benzene rings is 4. The van der Waals surface area contributed by atoms with Crippen molar-refractivity contribution in [2.45, 2.75) is 11.6 Å². The summed E-state index contributed by atoms with van der Waals surface area (Å²) in [5, 5.41) is 9.96. The lowest BCUT2D eigenvalue weighted by atomic mass is 9.76. The molecule has 0 saturated carbocycles. The Morgan fingerprint density at radius 1 is 0.771 bits per heavy atom. The van der Waals surface area contributed by atoms with Crippen LogP contribution in [0.25, 0.3) is 5.57 Å². The highest BCUT2D eigenvalue weighted by molar-refractivity contribution is 5.75. The average Bonchev–Trinajstić information content (AvgIpc) is 3.56. The first-order chi connectivity index (χ1) is 17.3. The van der Waals surface area contributed by atoms with Crippen LogP contribution in [0.5, 0.6) is 11.5 Å². The fraction of sp³-hybridized carbons (Fsp3) is 0.161. The van der Waals surface area contributed by atoms with Gasteiger partial charge >= 0.3 is 0 Å². The SMILES string of the molecule is OC/C=C(/c1ccc2c(c1)OCO2)[C@@H]1CN1C(c1ccccc1)(c1ccccc1)c1ccccc1. The Morgan fingerprint density at radius 3 is 1.86 bits per heavy atom. The van der Waals surface area contributed by atoms with Crippen molar-refractivity contribution < 1.29 is 14.6 Å². The number of hydrogen-bond donors (Lipinski definition) is 1. The van der Waals surface area contributed by atoms with Crippen molar-refractivity contribution in [3.63, 3.8) is 0 Å². The molecule has 4 nitrogen and oxygen atoms in total. The van der Waals surface area contributed by atoms with E-state index < -0.39 is 5.54 Å². The molecule has 1 unspecified atom stereocenters. The van der Waals surface area contributed by atoms with Gasteiger partial charge in [-0.2, -0.15) is 0 Å². The van der Waals surface area contributed by atoms with Crippen LogP contribution in [0.15, 0.2) is 115 Å². The molecule has 4 aromatic rings. The molecule has 1 fully saturated rings. The van der Waals surface area contributed by atoms with E-state index in [9.17, 15) is 5.11 Å². The number of ether oxygens (including phenoxy) is 2. The summed E-state index contributed by atoms with van der Waals surface area (Å²) in [6.45, 7) is 1.08. The Morgan fingerprint density at radius 2 is 1.31 bits per heavy atom. The molecular formula is C31H27NO3. The second-order valence-corrected chi connectivity index (χ2v) is 8.89. The van der Waals surface area contributed by atoms with Gasteiger partial charge < -0.3 is 14.6 Å². The molecule has 35 heavy (non-hydrogen) atoms. The summed E-state index contributed by atoms with van der Waals surface area (Å²) < 4.78 is 11.2. The van der Waals surface area contributed by atoms with Crippen LogP contribution in [-0.2, 0) is 5.54 Å². The van der Waals surface area contributed by atoms with Crippen LogP contribution in [0.2, 0.25) is 0 Å². The fourth-order valence-corrected chi connectivity index (χ4v) is 5.43. The second kappa shape index (κ2) is 9.06. The van der Waals surface area contributed by atoms with Gasteiger partial charge in [0.2, 0.25) is 6.79 Å². The zero-order valence-electron chi connectivity index (χ0n) is 19.4. The van der Waals surface area contributed by atoms with Gasteiger partial charge in [0.1, 0.15) is 0 Å². The highest BCUT2D eigenvalue weighted by atomic mass is 16.7. The van der Waals surface area contributed by atoms with Gasteiger partial charge in [0.15, 0.2) is 11.5 Å². The Labute approximate surface area is 205 Å². The van der Waals surface area contributed by atoms with Crippen LogP contribution in [0.4, 0.5) is 0 Å². The first-order valence-corrected chi connectivity index (χ1v) is 12.0. The lowest BCUT2D eigenvalue weighted by Crippen LogP contribution is -2.39. The van der Waals surface area contributed by atoms with Crippen LogP contribution in [0.1, 0.15) is 22.3 Å². The number of aliphatic hydroxyl groups excluding tert-OH is 1. The number of rotatable bonds is 7. The average molecular weight is 462 g/mol. The summed E-state index contributed by atoms with van der Waals surface area (Å²) >= 11 is 0. The zero-order valence-corrected chi connectivity index (χ0v) is 19.4. The minimum absolute atomic E-state index is 0.0247. The Hall–Kier alpha value is -3.86. The normalized spacial score (nSPS) is 18.9. The van der Waals surface area contributed by atoms with E-state index in [0.29, 0.717) is 0 Å². The smallest absolute Gasteiger partial charge is 0.231 e. The number of nitrogens with zero attached hydrogens (tertiary/aromatic N) is 1. The van der Waals surface area contributed by atoms with Crippen molar-refractivity contribution in [3.8, 4) is 11.5 Å². The molecule has 0 radical (unpaired) electrons. The van der Waals surface area contributed by atoms with E-state index >= 15 is 0 Å². The van der Waals surface area contributed by atoms with Crippen LogP contribution < -0.4 is 9.47 Å². The molecule has 2 atom stereocenters. The maximum atomic E-state index is 9.96. The molecule has 1 saturated heterocycles. The summed E-state index contributed by atoms with van der Waals surface area (Å²) in [5.41, 5.74) is 5.31. The van der Waals surface area contributed by atoms with Crippen LogP contribution in [0, 0.1) is 0 Å². The number of hydrogen-bond acceptors (Lipinski definition) is 4. The van der Waals surface area contributed by atoms with E-state index in [-0.39, 0.29) is 19.4 Å². The lowest BCUT2D eigenvalue weighted by Gasteiger charge is -2.38. The second-order valence-electron chi connectivity index (χ2n) is 8.89. The fourth-order valence-electron chi connectivity index (χ4n) is 5.43. The molecule has 2 aliphatic rings. The van der Waals surface area contributed by atoms with Crippen molar-refractivity contribution in [1.82, 2.24) is 4.90 Å². The van der Waals surface area contributed by atoms with Gasteiger partial charge in [0.25, 0.3) is 0 Å². The Balaban J connectivity index is 1.51. The first-order valence-electron chi connectivity index (χ1n) is 12.0. The van der Waals surface area contributed by atoms with Crippen LogP contribution in [-0.4, -0.2) is 36.0 Å². The van der Waals surface area contributed by atoms with Gasteiger partial charge in [-0.3, -0.25) is 4.90 Å². The summed E-state index contributed by atoms with van der Waals surface area (Å²) in [6, 6.07) is 38.3. The largest absolute Gasteiger partial charge is 0.454 e. The molecular weight excluding hydrogens is 434 g/mol. The standard InChI is InChI=1S/C31H27NO3/c33-19-18-27(23-16-17-29-30(20-23)35-22-34-29)28-21-32(28)31(24-10-4-1-5-11-24,25-12-6-2-7-13-25)26-14-8-3-9-15-26/h1-18,20,28,33H,19,21-22H2/b27-18-/t28-,32?/m0/s1. The molecule has 2 aliphatic heterocycles. The highest BCUT2D eigenvalue weighted by Gasteiger charge is 2.54. The van der Waals surface area contributed by atoms with Crippen molar-refractivity contribution >= 4 is 5.57 Å². The van der Waals surface area contributed by atoms with E-state index in [1.165, 1.54) is 16.7 Å². The highest BCUT2D eigenvalue weighted by Crippen LogP contribution is 2.51. The third kappa shape index (κ3) is 3.72. The molecule has 0 bridgehead atoms. The molecule has 1 N–H and O–H groups in total. The van der Waals surface area contributed by atoms with Crippen molar-refractivity contribution in [3.05, 3.63) is 138 Å². The predicted molar refractivity (Wildman–Crippen MR) is 137 cm³/mol. The van der Waals surface area contributed by atoms with Crippen molar-refractivity contribution in [2.24, 2.45) is 0 Å². The summed E-state index contributed by atoms with van der Waals surface area (Å²) in [4.78, 5) is 2.53. The Bertz CT molecular complexity index is 1240. The van der Waals surface area contributed by atoms with Crippen molar-refractivity contribution in [2.75, 3.05) is 19.9 Å². The third-order valence-electron chi connectivity index (χ3n) is 6.99. The summed E-state index contributed by atoms with van der Waals surface area (Å²) in [6.07, 6.45) is 1.92. The predicted octanol–water partition coefficient (Wildman–Crippen LogP) is 5.47. The van der Waals surface area contributed by atoms with Gasteiger partial charge in [0.05, 0.1) is 12.1 Å². The van der Waals surface area contributed by atoms with Gasteiger partial charge in [0, 0.05) is 12.6 Å². The molecule has 4 heteroatoms. The van der Waals surface area contributed by atoms with E-state index in [4.69, 9.17) is 9.47 Å². The van der Waals surface area contributed by atoms with Gasteiger partial charge in [-0.1, -0.05) is 103 Å². The molecule has 0 amide bonds. The van der Waals surface area contributed by atoms with E-state index in [1.807, 2.05) is 18.2 Å². The number of fused-ring (bicyclic) bond motifs is 1. The van der Waals surface area contributed by atoms with Crippen LogP contribution >= 0.6 is 0 Å². The minimum Gasteiger partial charge on any atom is -0.454 e. The molecule has 174 valence electrons. The molecule has 2 heterocycles.